The maximum Gasteiger partial charge on any atom is 0.137 e. The second-order valence-electron chi connectivity index (χ2n) is 11.0. The maximum absolute atomic E-state index is 6.25. The van der Waals surface area contributed by atoms with Gasteiger partial charge in [-0.1, -0.05) is 84.9 Å². The van der Waals surface area contributed by atoms with Gasteiger partial charge in [0.1, 0.15) is 22.3 Å². The van der Waals surface area contributed by atoms with Crippen LogP contribution < -0.4 is 4.90 Å². The van der Waals surface area contributed by atoms with Crippen LogP contribution in [0.1, 0.15) is 0 Å². The minimum Gasteiger partial charge on any atom is -0.456 e. The van der Waals surface area contributed by atoms with Gasteiger partial charge in [0, 0.05) is 44.7 Å². The number of nitrogens with zero attached hydrogens (tertiary/aromatic N) is 1. The van der Waals surface area contributed by atoms with Crippen molar-refractivity contribution in [2.45, 2.75) is 0 Å². The molecule has 7 aromatic carbocycles. The second-order valence-corrected chi connectivity index (χ2v) is 11.0. The topological polar surface area (TPSA) is 29.5 Å². The first kappa shape index (κ1) is 23.9. The first-order valence-electron chi connectivity index (χ1n) is 14.5. The average molecular weight is 552 g/mol. The molecule has 2 aromatic heterocycles. The predicted molar refractivity (Wildman–Crippen MR) is 179 cm³/mol. The summed E-state index contributed by atoms with van der Waals surface area (Å²) in [5, 5.41) is 6.98. The Labute approximate surface area is 247 Å². The van der Waals surface area contributed by atoms with Gasteiger partial charge >= 0.3 is 0 Å². The van der Waals surface area contributed by atoms with Gasteiger partial charge in [-0.3, -0.25) is 0 Å². The molecule has 9 aromatic rings. The van der Waals surface area contributed by atoms with E-state index in [-0.39, 0.29) is 0 Å². The summed E-state index contributed by atoms with van der Waals surface area (Å²) < 4.78 is 12.4. The summed E-state index contributed by atoms with van der Waals surface area (Å²) in [6.07, 6.45) is 0. The molecule has 0 saturated heterocycles. The van der Waals surface area contributed by atoms with Crippen LogP contribution in [0.15, 0.2) is 160 Å². The Bertz CT molecular complexity index is 2450. The highest BCUT2D eigenvalue weighted by atomic mass is 16.3. The molecule has 0 aliphatic rings. The van der Waals surface area contributed by atoms with Crippen molar-refractivity contribution < 1.29 is 8.83 Å². The fourth-order valence-electron chi connectivity index (χ4n) is 6.40. The van der Waals surface area contributed by atoms with E-state index < -0.39 is 0 Å². The Kier molecular flexibility index (Phi) is 5.20. The van der Waals surface area contributed by atoms with Crippen molar-refractivity contribution in [1.29, 1.82) is 0 Å². The van der Waals surface area contributed by atoms with Crippen molar-refractivity contribution in [2.75, 3.05) is 4.90 Å². The van der Waals surface area contributed by atoms with Crippen LogP contribution in [0.4, 0.5) is 17.1 Å². The standard InChI is InChI=1S/C40H25NO2/c1-2-8-29(9-3-1)41(31-21-22-33-32-10-4-6-12-36(32)43-39(33)25-31)30-19-16-26(17-20-30)28-15-14-27-18-23-38-40(35(27)24-28)34-11-5-7-13-37(34)42-38/h1-25H. The monoisotopic (exact) mass is 551 g/mol. The quantitative estimate of drug-likeness (QED) is 0.218. The smallest absolute Gasteiger partial charge is 0.137 e. The van der Waals surface area contributed by atoms with E-state index in [0.29, 0.717) is 0 Å². The van der Waals surface area contributed by atoms with Gasteiger partial charge in [-0.15, -0.1) is 0 Å². The van der Waals surface area contributed by atoms with E-state index in [1.54, 1.807) is 0 Å². The third-order valence-electron chi connectivity index (χ3n) is 8.45. The van der Waals surface area contributed by atoms with Gasteiger partial charge in [-0.25, -0.2) is 0 Å². The van der Waals surface area contributed by atoms with Crippen LogP contribution in [-0.2, 0) is 0 Å². The molecule has 0 aliphatic carbocycles. The van der Waals surface area contributed by atoms with Crippen molar-refractivity contribution in [2.24, 2.45) is 0 Å². The molecule has 2 heterocycles. The summed E-state index contributed by atoms with van der Waals surface area (Å²) in [6.45, 7) is 0. The lowest BCUT2D eigenvalue weighted by Crippen LogP contribution is -2.09. The van der Waals surface area contributed by atoms with Gasteiger partial charge in [0.15, 0.2) is 0 Å². The van der Waals surface area contributed by atoms with Crippen molar-refractivity contribution in [3.63, 3.8) is 0 Å². The Morgan fingerprint density at radius 1 is 0.349 bits per heavy atom. The molecule has 3 nitrogen and oxygen atoms in total. The van der Waals surface area contributed by atoms with Crippen molar-refractivity contribution >= 4 is 71.7 Å². The van der Waals surface area contributed by atoms with Crippen molar-refractivity contribution in [3.05, 3.63) is 152 Å². The first-order chi connectivity index (χ1) is 21.3. The Hall–Kier alpha value is -5.80. The molecule has 0 radical (unpaired) electrons. The molecule has 0 saturated carbocycles. The van der Waals surface area contributed by atoms with Crippen LogP contribution in [0.3, 0.4) is 0 Å². The molecule has 0 fully saturated rings. The number of fused-ring (bicyclic) bond motifs is 8. The maximum atomic E-state index is 6.25. The van der Waals surface area contributed by atoms with Gasteiger partial charge < -0.3 is 13.7 Å². The largest absolute Gasteiger partial charge is 0.456 e. The van der Waals surface area contributed by atoms with Crippen molar-refractivity contribution in [3.8, 4) is 11.1 Å². The second kappa shape index (κ2) is 9.37. The third kappa shape index (κ3) is 3.83. The van der Waals surface area contributed by atoms with Crippen LogP contribution in [-0.4, -0.2) is 0 Å². The van der Waals surface area contributed by atoms with E-state index in [0.717, 1.165) is 61.1 Å². The molecular formula is C40H25NO2. The van der Waals surface area contributed by atoms with E-state index in [9.17, 15) is 0 Å². The van der Waals surface area contributed by atoms with Crippen LogP contribution in [0.25, 0.3) is 65.8 Å². The highest BCUT2D eigenvalue weighted by Crippen LogP contribution is 2.40. The average Bonchev–Trinajstić information content (AvgIpc) is 3.64. The van der Waals surface area contributed by atoms with Crippen LogP contribution >= 0.6 is 0 Å². The highest BCUT2D eigenvalue weighted by Gasteiger charge is 2.16. The molecule has 202 valence electrons. The summed E-state index contributed by atoms with van der Waals surface area (Å²) >= 11 is 0. The Morgan fingerprint density at radius 3 is 1.79 bits per heavy atom. The van der Waals surface area contributed by atoms with E-state index in [1.165, 1.54) is 21.7 Å². The van der Waals surface area contributed by atoms with E-state index >= 15 is 0 Å². The van der Waals surface area contributed by atoms with Gasteiger partial charge in [0.05, 0.1) is 0 Å². The SMILES string of the molecule is c1ccc(N(c2ccc(-c3ccc4ccc5oc6ccccc6c5c4c3)cc2)c2ccc3c(c2)oc2ccccc23)cc1. The first-order valence-corrected chi connectivity index (χ1v) is 14.5. The fraction of sp³-hybridized carbons (Fsp3) is 0. The lowest BCUT2D eigenvalue weighted by molar-refractivity contribution is 0.668. The highest BCUT2D eigenvalue weighted by molar-refractivity contribution is 6.19. The number of furan rings is 2. The van der Waals surface area contributed by atoms with Gasteiger partial charge in [-0.05, 0) is 82.6 Å². The fourth-order valence-corrected chi connectivity index (χ4v) is 6.40. The molecular weight excluding hydrogens is 526 g/mol. The zero-order valence-corrected chi connectivity index (χ0v) is 23.2. The molecule has 0 spiro atoms. The normalized spacial score (nSPS) is 11.7. The van der Waals surface area contributed by atoms with Crippen molar-refractivity contribution in [1.82, 2.24) is 0 Å². The Balaban J connectivity index is 1.15. The number of rotatable bonds is 4. The van der Waals surface area contributed by atoms with E-state index in [4.69, 9.17) is 8.83 Å². The van der Waals surface area contributed by atoms with Crippen LogP contribution in [0, 0.1) is 0 Å². The molecule has 9 rings (SSSR count). The zero-order chi connectivity index (χ0) is 28.3. The lowest BCUT2D eigenvalue weighted by atomic mass is 9.98. The summed E-state index contributed by atoms with van der Waals surface area (Å²) in [5.41, 5.74) is 9.17. The number of benzene rings is 7. The summed E-state index contributed by atoms with van der Waals surface area (Å²) in [7, 11) is 0. The number of anilines is 3. The molecule has 43 heavy (non-hydrogen) atoms. The number of hydrogen-bond donors (Lipinski definition) is 0. The molecule has 0 amide bonds. The van der Waals surface area contributed by atoms with Gasteiger partial charge in [-0.2, -0.15) is 0 Å². The third-order valence-corrected chi connectivity index (χ3v) is 8.45. The molecule has 0 atom stereocenters. The van der Waals surface area contributed by atoms with Crippen LogP contribution in [0.2, 0.25) is 0 Å². The van der Waals surface area contributed by atoms with Crippen LogP contribution in [0.5, 0.6) is 0 Å². The summed E-state index contributed by atoms with van der Waals surface area (Å²) in [6, 6.07) is 53.2. The predicted octanol–water partition coefficient (Wildman–Crippen LogP) is 11.8. The Morgan fingerprint density at radius 2 is 0.953 bits per heavy atom. The molecule has 3 heteroatoms. The molecule has 0 bridgehead atoms. The summed E-state index contributed by atoms with van der Waals surface area (Å²) in [5.74, 6) is 0. The lowest BCUT2D eigenvalue weighted by Gasteiger charge is -2.25. The summed E-state index contributed by atoms with van der Waals surface area (Å²) in [4.78, 5) is 2.28. The zero-order valence-electron chi connectivity index (χ0n) is 23.2. The number of para-hydroxylation sites is 3. The molecule has 0 aliphatic heterocycles. The molecule has 0 unspecified atom stereocenters. The number of hydrogen-bond acceptors (Lipinski definition) is 3. The minimum atomic E-state index is 0.880. The minimum absolute atomic E-state index is 0.880. The van der Waals surface area contributed by atoms with E-state index in [1.807, 2.05) is 30.3 Å². The van der Waals surface area contributed by atoms with Gasteiger partial charge in [0.2, 0.25) is 0 Å². The molecule has 0 N–H and O–H groups in total. The van der Waals surface area contributed by atoms with E-state index in [2.05, 4.69) is 126 Å². The van der Waals surface area contributed by atoms with Gasteiger partial charge in [0.25, 0.3) is 0 Å².